The molecule has 1 unspecified atom stereocenters. The second-order valence-electron chi connectivity index (χ2n) is 7.99. The lowest BCUT2D eigenvalue weighted by molar-refractivity contribution is -0.142. The Morgan fingerprint density at radius 2 is 2.15 bits per heavy atom. The van der Waals surface area contributed by atoms with Crippen LogP contribution in [-0.4, -0.2) is 84.1 Å². The number of hydrogen-bond acceptors (Lipinski definition) is 5. The van der Waals surface area contributed by atoms with Crippen molar-refractivity contribution < 1.29 is 9.59 Å². The van der Waals surface area contributed by atoms with Gasteiger partial charge in [0.05, 0.1) is 10.8 Å². The van der Waals surface area contributed by atoms with Gasteiger partial charge in [-0.15, -0.1) is 0 Å². The third-order valence-corrected chi connectivity index (χ3v) is 6.49. The number of rotatable bonds is 6. The first-order valence-corrected chi connectivity index (χ1v) is 10.7. The van der Waals surface area contributed by atoms with Gasteiger partial charge >= 0.3 is 0 Å². The van der Waals surface area contributed by atoms with E-state index in [9.17, 15) is 9.59 Å². The maximum Gasteiger partial charge on any atom is 0.233 e. The summed E-state index contributed by atoms with van der Waals surface area (Å²) in [5.41, 5.74) is 0.0732. The van der Waals surface area contributed by atoms with Crippen molar-refractivity contribution in [2.75, 3.05) is 52.6 Å². The number of piperidine rings is 2. The van der Waals surface area contributed by atoms with Gasteiger partial charge in [0.1, 0.15) is 0 Å². The zero-order valence-corrected chi connectivity index (χ0v) is 17.2. The third-order valence-electron chi connectivity index (χ3n) is 5.56. The molecule has 148 valence electrons. The summed E-state index contributed by atoms with van der Waals surface area (Å²) in [7, 11) is 4.06. The highest BCUT2D eigenvalue weighted by Crippen LogP contribution is 2.39. The van der Waals surface area contributed by atoms with Gasteiger partial charge in [-0.05, 0) is 45.5 Å². The molecule has 0 aliphatic carbocycles. The molecule has 2 aliphatic rings. The SMILES string of the molecule is CN(C)CCN1CC2(CCCN(C(=O)CSc3ccccn3)C2)CCC1=O. The second-order valence-corrected chi connectivity index (χ2v) is 8.99. The molecule has 0 radical (unpaired) electrons. The Morgan fingerprint density at radius 1 is 1.30 bits per heavy atom. The summed E-state index contributed by atoms with van der Waals surface area (Å²) in [6.07, 6.45) is 5.40. The number of pyridine rings is 1. The fourth-order valence-electron chi connectivity index (χ4n) is 4.04. The molecule has 2 saturated heterocycles. The molecule has 1 spiro atoms. The number of carbonyl (C=O) groups is 2. The molecule has 0 aromatic carbocycles. The number of amides is 2. The average Bonchev–Trinajstić information content (AvgIpc) is 2.68. The predicted octanol–water partition coefficient (Wildman–Crippen LogP) is 1.97. The quantitative estimate of drug-likeness (QED) is 0.695. The van der Waals surface area contributed by atoms with Crippen molar-refractivity contribution in [1.29, 1.82) is 0 Å². The smallest absolute Gasteiger partial charge is 0.233 e. The van der Waals surface area contributed by atoms with Gasteiger partial charge < -0.3 is 14.7 Å². The lowest BCUT2D eigenvalue weighted by Gasteiger charge is -2.48. The van der Waals surface area contributed by atoms with Crippen LogP contribution >= 0.6 is 11.8 Å². The van der Waals surface area contributed by atoms with Crippen molar-refractivity contribution in [3.8, 4) is 0 Å². The van der Waals surface area contributed by atoms with E-state index in [1.807, 2.05) is 42.1 Å². The van der Waals surface area contributed by atoms with Crippen LogP contribution in [0.3, 0.4) is 0 Å². The molecule has 6 nitrogen and oxygen atoms in total. The first-order valence-electron chi connectivity index (χ1n) is 9.72. The van der Waals surface area contributed by atoms with Crippen molar-refractivity contribution in [3.05, 3.63) is 24.4 Å². The molecule has 2 amide bonds. The van der Waals surface area contributed by atoms with E-state index in [-0.39, 0.29) is 17.2 Å². The minimum atomic E-state index is 0.0732. The molecule has 1 aromatic rings. The van der Waals surface area contributed by atoms with Crippen LogP contribution in [0.5, 0.6) is 0 Å². The summed E-state index contributed by atoms with van der Waals surface area (Å²) in [6, 6.07) is 5.76. The molecular weight excluding hydrogens is 360 g/mol. The highest BCUT2D eigenvalue weighted by Gasteiger charge is 2.42. The molecule has 0 N–H and O–H groups in total. The zero-order valence-electron chi connectivity index (χ0n) is 16.4. The number of likely N-dealkylation sites (N-methyl/N-ethyl adjacent to an activating group) is 1. The molecule has 1 atom stereocenters. The van der Waals surface area contributed by atoms with Gasteiger partial charge in [0.2, 0.25) is 11.8 Å². The van der Waals surface area contributed by atoms with Gasteiger partial charge in [-0.3, -0.25) is 9.59 Å². The molecule has 3 rings (SSSR count). The van der Waals surface area contributed by atoms with E-state index < -0.39 is 0 Å². The van der Waals surface area contributed by atoms with E-state index in [1.165, 1.54) is 11.8 Å². The molecule has 0 saturated carbocycles. The molecule has 27 heavy (non-hydrogen) atoms. The Balaban J connectivity index is 1.57. The molecule has 1 aromatic heterocycles. The van der Waals surface area contributed by atoms with E-state index in [0.29, 0.717) is 12.2 Å². The lowest BCUT2D eigenvalue weighted by Crippen LogP contribution is -2.56. The number of aromatic nitrogens is 1. The van der Waals surface area contributed by atoms with Gasteiger partial charge in [0.25, 0.3) is 0 Å². The largest absolute Gasteiger partial charge is 0.341 e. The summed E-state index contributed by atoms with van der Waals surface area (Å²) in [4.78, 5) is 35.5. The fraction of sp³-hybridized carbons (Fsp3) is 0.650. The van der Waals surface area contributed by atoms with Crippen molar-refractivity contribution in [3.63, 3.8) is 0 Å². The summed E-state index contributed by atoms with van der Waals surface area (Å²) in [6.45, 7) is 4.05. The first-order chi connectivity index (χ1) is 13.0. The minimum Gasteiger partial charge on any atom is -0.341 e. The number of hydrogen-bond donors (Lipinski definition) is 0. The molecule has 2 fully saturated rings. The predicted molar refractivity (Wildman–Crippen MR) is 108 cm³/mol. The molecule has 3 heterocycles. The van der Waals surface area contributed by atoms with Gasteiger partial charge in [-0.25, -0.2) is 4.98 Å². The standard InChI is InChI=1S/C20H30N4O2S/c1-22(2)12-13-24-16-20(9-7-18(24)25)8-5-11-23(15-20)19(26)14-27-17-6-3-4-10-21-17/h3-4,6,10H,5,7-9,11-16H2,1-2H3. The maximum atomic E-state index is 12.7. The summed E-state index contributed by atoms with van der Waals surface area (Å²) in [5, 5.41) is 0.885. The Kier molecular flexibility index (Phi) is 6.76. The lowest BCUT2D eigenvalue weighted by atomic mass is 9.73. The van der Waals surface area contributed by atoms with Gasteiger partial charge in [-0.1, -0.05) is 17.8 Å². The first kappa shape index (κ1) is 20.1. The highest BCUT2D eigenvalue weighted by molar-refractivity contribution is 7.99. The number of nitrogens with zero attached hydrogens (tertiary/aromatic N) is 4. The number of thioether (sulfide) groups is 1. The normalized spacial score (nSPS) is 23.3. The Bertz CT molecular complexity index is 655. The van der Waals surface area contributed by atoms with Gasteiger partial charge in [-0.2, -0.15) is 0 Å². The summed E-state index contributed by atoms with van der Waals surface area (Å²) in [5.74, 6) is 0.870. The Labute approximate surface area is 166 Å². The summed E-state index contributed by atoms with van der Waals surface area (Å²) >= 11 is 1.50. The van der Waals surface area contributed by atoms with Crippen LogP contribution < -0.4 is 0 Å². The van der Waals surface area contributed by atoms with E-state index in [0.717, 1.165) is 57.0 Å². The van der Waals surface area contributed by atoms with Crippen molar-refractivity contribution in [2.24, 2.45) is 5.41 Å². The fourth-order valence-corrected chi connectivity index (χ4v) is 4.80. The van der Waals surface area contributed by atoms with Crippen molar-refractivity contribution >= 4 is 23.6 Å². The van der Waals surface area contributed by atoms with Crippen LogP contribution in [0.25, 0.3) is 0 Å². The van der Waals surface area contributed by atoms with E-state index >= 15 is 0 Å². The van der Waals surface area contributed by atoms with Crippen LogP contribution in [0.4, 0.5) is 0 Å². The Hall–Kier alpha value is -1.60. The molecule has 7 heteroatoms. The topological polar surface area (TPSA) is 56.8 Å². The monoisotopic (exact) mass is 390 g/mol. The maximum absolute atomic E-state index is 12.7. The van der Waals surface area contributed by atoms with Crippen LogP contribution in [0, 0.1) is 5.41 Å². The van der Waals surface area contributed by atoms with Crippen molar-refractivity contribution in [1.82, 2.24) is 19.7 Å². The van der Waals surface area contributed by atoms with Gasteiger partial charge in [0.15, 0.2) is 0 Å². The number of likely N-dealkylation sites (tertiary alicyclic amines) is 2. The van der Waals surface area contributed by atoms with Crippen LogP contribution in [0.15, 0.2) is 29.4 Å². The number of carbonyl (C=O) groups excluding carboxylic acids is 2. The summed E-state index contributed by atoms with van der Waals surface area (Å²) < 4.78 is 0. The average molecular weight is 391 g/mol. The minimum absolute atomic E-state index is 0.0732. The van der Waals surface area contributed by atoms with Crippen LogP contribution in [0.2, 0.25) is 0 Å². The van der Waals surface area contributed by atoms with E-state index in [2.05, 4.69) is 9.88 Å². The van der Waals surface area contributed by atoms with Crippen molar-refractivity contribution in [2.45, 2.75) is 30.7 Å². The molecule has 0 bridgehead atoms. The van der Waals surface area contributed by atoms with Crippen LogP contribution in [0.1, 0.15) is 25.7 Å². The second kappa shape index (κ2) is 9.06. The highest BCUT2D eigenvalue weighted by atomic mass is 32.2. The Morgan fingerprint density at radius 3 is 2.89 bits per heavy atom. The van der Waals surface area contributed by atoms with E-state index in [1.54, 1.807) is 6.20 Å². The van der Waals surface area contributed by atoms with Crippen LogP contribution in [-0.2, 0) is 9.59 Å². The zero-order chi connectivity index (χ0) is 19.3. The van der Waals surface area contributed by atoms with Gasteiger partial charge in [0, 0.05) is 50.8 Å². The molecular formula is C20H30N4O2S. The molecule has 2 aliphatic heterocycles. The third kappa shape index (κ3) is 5.45. The van der Waals surface area contributed by atoms with E-state index in [4.69, 9.17) is 0 Å².